The molecule has 0 aromatic carbocycles. The Bertz CT molecular complexity index is 537. The van der Waals surface area contributed by atoms with E-state index in [0.29, 0.717) is 11.9 Å². The molecule has 0 saturated carbocycles. The summed E-state index contributed by atoms with van der Waals surface area (Å²) in [6, 6.07) is 6.52. The van der Waals surface area contributed by atoms with Crippen molar-refractivity contribution in [1.82, 2.24) is 9.97 Å². The molecule has 0 aliphatic carbocycles. The Morgan fingerprint density at radius 3 is 2.70 bits per heavy atom. The van der Waals surface area contributed by atoms with E-state index in [0.717, 1.165) is 18.1 Å². The first-order valence-corrected chi connectivity index (χ1v) is 7.87. The van der Waals surface area contributed by atoms with Crippen LogP contribution < -0.4 is 10.6 Å². The van der Waals surface area contributed by atoms with E-state index in [9.17, 15) is 0 Å². The first-order chi connectivity index (χ1) is 9.60. The summed E-state index contributed by atoms with van der Waals surface area (Å²) in [5.41, 5.74) is 0.965. The van der Waals surface area contributed by atoms with Gasteiger partial charge in [0.1, 0.15) is 5.82 Å². The molecule has 0 fully saturated rings. The number of nitrogens with zero attached hydrogens (tertiary/aromatic N) is 2. The fourth-order valence-electron chi connectivity index (χ4n) is 2.07. The molecule has 2 aromatic rings. The van der Waals surface area contributed by atoms with Crippen LogP contribution in [0.15, 0.2) is 23.6 Å². The maximum atomic E-state index is 4.53. The van der Waals surface area contributed by atoms with Gasteiger partial charge in [0.05, 0.1) is 6.04 Å². The number of hydrogen-bond acceptors (Lipinski definition) is 5. The summed E-state index contributed by atoms with van der Waals surface area (Å²) >= 11 is 1.78. The number of nitrogens with one attached hydrogen (secondary N) is 2. The molecule has 2 heterocycles. The van der Waals surface area contributed by atoms with Crippen LogP contribution in [0.25, 0.3) is 0 Å². The van der Waals surface area contributed by atoms with Crippen molar-refractivity contribution < 1.29 is 0 Å². The van der Waals surface area contributed by atoms with Crippen molar-refractivity contribution >= 4 is 23.1 Å². The third kappa shape index (κ3) is 3.70. The Labute approximate surface area is 124 Å². The molecule has 1 atom stereocenters. The van der Waals surface area contributed by atoms with Crippen LogP contribution in [-0.4, -0.2) is 16.5 Å². The zero-order valence-electron chi connectivity index (χ0n) is 12.5. The van der Waals surface area contributed by atoms with Gasteiger partial charge in [0.25, 0.3) is 0 Å². The van der Waals surface area contributed by atoms with E-state index in [1.807, 2.05) is 19.9 Å². The minimum absolute atomic E-state index is 0.277. The Hall–Kier alpha value is -1.62. The third-order valence-electron chi connectivity index (χ3n) is 3.01. The lowest BCUT2D eigenvalue weighted by Gasteiger charge is -2.22. The van der Waals surface area contributed by atoms with E-state index < -0.39 is 0 Å². The van der Waals surface area contributed by atoms with Crippen LogP contribution in [0.5, 0.6) is 0 Å². The van der Waals surface area contributed by atoms with Crippen LogP contribution in [0.1, 0.15) is 37.4 Å². The number of rotatable bonds is 6. The molecular formula is C15H22N4S. The summed E-state index contributed by atoms with van der Waals surface area (Å²) in [7, 11) is 0. The van der Waals surface area contributed by atoms with E-state index in [1.165, 1.54) is 4.88 Å². The van der Waals surface area contributed by atoms with Gasteiger partial charge in [0, 0.05) is 23.2 Å². The molecule has 0 aliphatic heterocycles. The average Bonchev–Trinajstić information content (AvgIpc) is 2.89. The van der Waals surface area contributed by atoms with Gasteiger partial charge >= 0.3 is 0 Å². The number of hydrogen-bond donors (Lipinski definition) is 2. The molecule has 0 radical (unpaired) electrons. The molecule has 0 spiro atoms. The van der Waals surface area contributed by atoms with E-state index in [1.54, 1.807) is 11.3 Å². The highest BCUT2D eigenvalue weighted by atomic mass is 32.1. The van der Waals surface area contributed by atoms with Gasteiger partial charge in [-0.15, -0.1) is 11.3 Å². The summed E-state index contributed by atoms with van der Waals surface area (Å²) in [6.45, 7) is 9.29. The van der Waals surface area contributed by atoms with Gasteiger partial charge in [-0.1, -0.05) is 19.9 Å². The lowest BCUT2D eigenvalue weighted by Crippen LogP contribution is -2.17. The van der Waals surface area contributed by atoms with Crippen LogP contribution >= 0.6 is 11.3 Å². The highest BCUT2D eigenvalue weighted by molar-refractivity contribution is 7.10. The van der Waals surface area contributed by atoms with E-state index in [-0.39, 0.29) is 6.04 Å². The van der Waals surface area contributed by atoms with Crippen LogP contribution in [0.2, 0.25) is 0 Å². The van der Waals surface area contributed by atoms with Crippen LogP contribution in [0.3, 0.4) is 0 Å². The summed E-state index contributed by atoms with van der Waals surface area (Å²) < 4.78 is 0. The van der Waals surface area contributed by atoms with E-state index in [2.05, 4.69) is 52.0 Å². The van der Waals surface area contributed by atoms with Crippen molar-refractivity contribution in [2.45, 2.75) is 33.7 Å². The SMILES string of the molecule is CCNc1nc(C)cc(NC(c2cccs2)C(C)C)n1. The summed E-state index contributed by atoms with van der Waals surface area (Å²) in [5.74, 6) is 2.05. The van der Waals surface area contributed by atoms with E-state index >= 15 is 0 Å². The Balaban J connectivity index is 2.22. The van der Waals surface area contributed by atoms with Gasteiger partial charge in [0.15, 0.2) is 0 Å². The Morgan fingerprint density at radius 1 is 1.30 bits per heavy atom. The van der Waals surface area contributed by atoms with Gasteiger partial charge in [-0.05, 0) is 31.2 Å². The summed E-state index contributed by atoms with van der Waals surface area (Å²) in [5, 5.41) is 8.82. The van der Waals surface area contributed by atoms with Gasteiger partial charge < -0.3 is 10.6 Å². The molecule has 5 heteroatoms. The van der Waals surface area contributed by atoms with Crippen LogP contribution in [0.4, 0.5) is 11.8 Å². The molecule has 2 aromatic heterocycles. The molecule has 0 amide bonds. The second kappa shape index (κ2) is 6.70. The topological polar surface area (TPSA) is 49.8 Å². The van der Waals surface area contributed by atoms with Gasteiger partial charge in [0.2, 0.25) is 5.95 Å². The molecule has 20 heavy (non-hydrogen) atoms. The van der Waals surface area contributed by atoms with Crippen molar-refractivity contribution in [1.29, 1.82) is 0 Å². The van der Waals surface area contributed by atoms with Crippen molar-refractivity contribution in [3.05, 3.63) is 34.2 Å². The quantitative estimate of drug-likeness (QED) is 0.841. The molecule has 1 unspecified atom stereocenters. The highest BCUT2D eigenvalue weighted by Crippen LogP contribution is 2.29. The summed E-state index contributed by atoms with van der Waals surface area (Å²) in [4.78, 5) is 10.2. The summed E-state index contributed by atoms with van der Waals surface area (Å²) in [6.07, 6.45) is 0. The van der Waals surface area contributed by atoms with E-state index in [4.69, 9.17) is 0 Å². The largest absolute Gasteiger partial charge is 0.362 e. The third-order valence-corrected chi connectivity index (χ3v) is 3.96. The molecule has 0 bridgehead atoms. The molecular weight excluding hydrogens is 268 g/mol. The Morgan fingerprint density at radius 2 is 2.10 bits per heavy atom. The predicted molar refractivity (Wildman–Crippen MR) is 86.5 cm³/mol. The monoisotopic (exact) mass is 290 g/mol. The first-order valence-electron chi connectivity index (χ1n) is 6.99. The van der Waals surface area contributed by atoms with Gasteiger partial charge in [-0.3, -0.25) is 0 Å². The van der Waals surface area contributed by atoms with Crippen LogP contribution in [0, 0.1) is 12.8 Å². The van der Waals surface area contributed by atoms with Gasteiger partial charge in [-0.25, -0.2) is 4.98 Å². The second-order valence-electron chi connectivity index (χ2n) is 5.13. The first kappa shape index (κ1) is 14.8. The molecule has 0 aliphatic rings. The fourth-order valence-corrected chi connectivity index (χ4v) is 3.02. The minimum Gasteiger partial charge on any atom is -0.362 e. The molecule has 2 N–H and O–H groups in total. The lowest BCUT2D eigenvalue weighted by molar-refractivity contribution is 0.552. The number of thiophene rings is 1. The molecule has 2 rings (SSSR count). The maximum absolute atomic E-state index is 4.53. The second-order valence-corrected chi connectivity index (χ2v) is 6.11. The smallest absolute Gasteiger partial charge is 0.224 e. The number of aromatic nitrogens is 2. The highest BCUT2D eigenvalue weighted by Gasteiger charge is 2.17. The molecule has 108 valence electrons. The number of anilines is 2. The predicted octanol–water partition coefficient (Wildman–Crippen LogP) is 4.09. The minimum atomic E-state index is 0.277. The Kier molecular flexibility index (Phi) is 4.95. The van der Waals surface area contributed by atoms with Crippen molar-refractivity contribution in [3.63, 3.8) is 0 Å². The van der Waals surface area contributed by atoms with Crippen molar-refractivity contribution in [3.8, 4) is 0 Å². The maximum Gasteiger partial charge on any atom is 0.224 e. The average molecular weight is 290 g/mol. The molecule has 4 nitrogen and oxygen atoms in total. The number of aryl methyl sites for hydroxylation is 1. The lowest BCUT2D eigenvalue weighted by atomic mass is 10.0. The van der Waals surface area contributed by atoms with Crippen LogP contribution in [-0.2, 0) is 0 Å². The normalized spacial score (nSPS) is 12.4. The fraction of sp³-hybridized carbons (Fsp3) is 0.467. The molecule has 0 saturated heterocycles. The zero-order valence-corrected chi connectivity index (χ0v) is 13.3. The van der Waals surface area contributed by atoms with Crippen molar-refractivity contribution in [2.24, 2.45) is 5.92 Å². The van der Waals surface area contributed by atoms with Crippen molar-refractivity contribution in [2.75, 3.05) is 17.2 Å². The standard InChI is InChI=1S/C15H22N4S/c1-5-16-15-17-11(4)9-13(19-15)18-14(10(2)3)12-7-6-8-20-12/h6-10,14H,5H2,1-4H3,(H2,16,17,18,19). The zero-order chi connectivity index (χ0) is 14.5. The van der Waals surface area contributed by atoms with Gasteiger partial charge in [-0.2, -0.15) is 4.98 Å².